The molecule has 8 heteroatoms. The third-order valence-electron chi connectivity index (χ3n) is 4.20. The molecular weight excluding hydrogens is 353 g/mol. The van der Waals surface area contributed by atoms with Crippen molar-refractivity contribution in [2.24, 2.45) is 0 Å². The number of methoxy groups -OCH3 is 1. The molecule has 146 valence electrons. The lowest BCUT2D eigenvalue weighted by atomic mass is 10.0. The van der Waals surface area contributed by atoms with Crippen LogP contribution in [0.15, 0.2) is 30.3 Å². The van der Waals surface area contributed by atoms with E-state index in [1.54, 1.807) is 0 Å². The number of ketones is 1. The van der Waals surface area contributed by atoms with E-state index >= 15 is 0 Å². The van der Waals surface area contributed by atoms with Crippen LogP contribution in [0.1, 0.15) is 24.8 Å². The van der Waals surface area contributed by atoms with Crippen LogP contribution >= 0.6 is 0 Å². The predicted molar refractivity (Wildman–Crippen MR) is 95.7 cm³/mol. The zero-order valence-electron chi connectivity index (χ0n) is 15.2. The molecule has 0 aliphatic carbocycles. The first-order valence-electron chi connectivity index (χ1n) is 8.80. The Morgan fingerprint density at radius 3 is 2.63 bits per heavy atom. The topological polar surface area (TPSA) is 111 Å². The average molecular weight is 377 g/mol. The molecule has 0 aromatic heterocycles. The molecule has 2 amide bonds. The smallest absolute Gasteiger partial charge is 0.306 e. The number of esters is 1. The Morgan fingerprint density at radius 1 is 1.22 bits per heavy atom. The SMILES string of the molecule is COC(=O)CCC(=O)N[C@@H](Cc1ccccc1)C(=O)N[C@H]1COCC[13C]1=O. The first kappa shape index (κ1) is 20.6. The molecular formula is C19H24N2O6. The third-order valence-corrected chi connectivity index (χ3v) is 4.20. The molecule has 0 radical (unpaired) electrons. The highest BCUT2D eigenvalue weighted by Gasteiger charge is 2.28. The maximum absolute atomic E-state index is 12.7. The Hall–Kier alpha value is -2.74. The summed E-state index contributed by atoms with van der Waals surface area (Å²) in [6.45, 7) is 0.474. The zero-order chi connectivity index (χ0) is 19.6. The Labute approximate surface area is 157 Å². The largest absolute Gasteiger partial charge is 0.469 e. The van der Waals surface area contributed by atoms with Crippen LogP contribution in [0.4, 0.5) is 0 Å². The van der Waals surface area contributed by atoms with Crippen molar-refractivity contribution < 1.29 is 28.7 Å². The molecule has 2 N–H and O–H groups in total. The van der Waals surface area contributed by atoms with Crippen LogP contribution in [0, 0.1) is 0 Å². The van der Waals surface area contributed by atoms with Crippen LogP contribution in [-0.2, 0) is 35.1 Å². The lowest BCUT2D eigenvalue weighted by Gasteiger charge is -2.25. The number of carbonyl (C=O) groups is 4. The summed E-state index contributed by atoms with van der Waals surface area (Å²) >= 11 is 0. The third kappa shape index (κ3) is 6.82. The van der Waals surface area contributed by atoms with Gasteiger partial charge in [-0.15, -0.1) is 0 Å². The van der Waals surface area contributed by atoms with Crippen molar-refractivity contribution in [2.75, 3.05) is 20.3 Å². The van der Waals surface area contributed by atoms with Crippen LogP contribution in [0.25, 0.3) is 0 Å². The number of nitrogens with one attached hydrogen (secondary N) is 2. The Bertz CT molecular complexity index is 676. The summed E-state index contributed by atoms with van der Waals surface area (Å²) in [6, 6.07) is 7.63. The number of benzene rings is 1. The summed E-state index contributed by atoms with van der Waals surface area (Å²) in [5, 5.41) is 5.29. The van der Waals surface area contributed by atoms with Gasteiger partial charge in [0.05, 0.1) is 26.7 Å². The molecule has 1 saturated heterocycles. The quantitative estimate of drug-likeness (QED) is 0.493. The molecule has 27 heavy (non-hydrogen) atoms. The molecule has 0 spiro atoms. The number of rotatable bonds is 8. The fraction of sp³-hybridized carbons (Fsp3) is 0.474. The van der Waals surface area contributed by atoms with E-state index < -0.39 is 29.9 Å². The molecule has 1 aliphatic heterocycles. The number of ether oxygens (including phenoxy) is 2. The van der Waals surface area contributed by atoms with Gasteiger partial charge in [-0.1, -0.05) is 30.3 Å². The molecule has 1 aromatic carbocycles. The highest BCUT2D eigenvalue weighted by Crippen LogP contribution is 2.07. The minimum absolute atomic E-state index is 0.0725. The van der Waals surface area contributed by atoms with Gasteiger partial charge >= 0.3 is 5.97 Å². The van der Waals surface area contributed by atoms with Crippen LogP contribution in [0.5, 0.6) is 0 Å². The highest BCUT2D eigenvalue weighted by molar-refractivity contribution is 5.93. The standard InChI is InChI=1S/C19H24N2O6/c1-26-18(24)8-7-17(23)20-14(11-13-5-3-2-4-6-13)19(25)21-15-12-27-10-9-16(15)22/h2-6,14-15H,7-12H2,1H3,(H,20,23)(H,21,25)/t14-,15-/m0/s1/i16+1. The average Bonchev–Trinajstić information content (AvgIpc) is 2.68. The van der Waals surface area contributed by atoms with Crippen molar-refractivity contribution in [3.63, 3.8) is 0 Å². The highest BCUT2D eigenvalue weighted by atomic mass is 16.5. The normalized spacial score (nSPS) is 17.7. The molecule has 0 bridgehead atoms. The lowest BCUT2D eigenvalue weighted by molar-refractivity contribution is -0.142. The second-order valence-electron chi connectivity index (χ2n) is 6.24. The fourth-order valence-corrected chi connectivity index (χ4v) is 2.68. The van der Waals surface area contributed by atoms with Gasteiger partial charge in [0, 0.05) is 19.3 Å². The number of hydrogen-bond acceptors (Lipinski definition) is 6. The van der Waals surface area contributed by atoms with E-state index in [9.17, 15) is 19.2 Å². The minimum atomic E-state index is -0.868. The Kier molecular flexibility index (Phi) is 7.94. The van der Waals surface area contributed by atoms with Crippen LogP contribution in [0.3, 0.4) is 0 Å². The van der Waals surface area contributed by atoms with Gasteiger partial charge in [0.1, 0.15) is 12.1 Å². The van der Waals surface area contributed by atoms with Gasteiger partial charge in [-0.25, -0.2) is 0 Å². The Morgan fingerprint density at radius 2 is 1.96 bits per heavy atom. The molecule has 1 aromatic rings. The number of hydrogen-bond donors (Lipinski definition) is 2. The Balaban J connectivity index is 2.01. The van der Waals surface area contributed by atoms with E-state index in [0.29, 0.717) is 6.61 Å². The van der Waals surface area contributed by atoms with Gasteiger partial charge in [0.2, 0.25) is 11.8 Å². The van der Waals surface area contributed by atoms with Gasteiger partial charge in [-0.05, 0) is 5.56 Å². The van der Waals surface area contributed by atoms with Crippen molar-refractivity contribution in [2.45, 2.75) is 37.8 Å². The van der Waals surface area contributed by atoms with Crippen molar-refractivity contribution in [1.29, 1.82) is 0 Å². The molecule has 1 heterocycles. The molecule has 0 unspecified atom stereocenters. The van der Waals surface area contributed by atoms with E-state index in [0.717, 1.165) is 5.56 Å². The van der Waals surface area contributed by atoms with Crippen molar-refractivity contribution in [1.82, 2.24) is 10.6 Å². The zero-order valence-corrected chi connectivity index (χ0v) is 15.2. The van der Waals surface area contributed by atoms with Crippen LogP contribution in [0.2, 0.25) is 0 Å². The molecule has 2 atom stereocenters. The van der Waals surface area contributed by atoms with Crippen molar-refractivity contribution in [3.05, 3.63) is 35.9 Å². The van der Waals surface area contributed by atoms with Gasteiger partial charge in [-0.2, -0.15) is 0 Å². The monoisotopic (exact) mass is 377 g/mol. The van der Waals surface area contributed by atoms with E-state index in [-0.39, 0.29) is 38.1 Å². The van der Waals surface area contributed by atoms with Crippen LogP contribution in [-0.4, -0.2) is 56.0 Å². The fourth-order valence-electron chi connectivity index (χ4n) is 2.68. The van der Waals surface area contributed by atoms with E-state index in [1.165, 1.54) is 7.11 Å². The molecule has 0 saturated carbocycles. The molecule has 8 nitrogen and oxygen atoms in total. The maximum atomic E-state index is 12.7. The van der Waals surface area contributed by atoms with Gasteiger partial charge in [-0.3, -0.25) is 19.2 Å². The van der Waals surface area contributed by atoms with E-state index in [2.05, 4.69) is 15.4 Å². The summed E-state index contributed by atoms with van der Waals surface area (Å²) < 4.78 is 9.75. The lowest BCUT2D eigenvalue weighted by Crippen LogP contribution is -2.54. The molecule has 1 fully saturated rings. The van der Waals surface area contributed by atoms with Gasteiger partial charge in [0.15, 0.2) is 5.78 Å². The van der Waals surface area contributed by atoms with E-state index in [1.807, 2.05) is 30.3 Å². The predicted octanol–water partition coefficient (Wildman–Crippen LogP) is 0.141. The second kappa shape index (κ2) is 10.4. The maximum Gasteiger partial charge on any atom is 0.306 e. The summed E-state index contributed by atoms with van der Waals surface area (Å²) in [4.78, 5) is 47.9. The molecule has 1 aliphatic rings. The van der Waals surface area contributed by atoms with Crippen LogP contribution < -0.4 is 10.6 Å². The summed E-state index contributed by atoms with van der Waals surface area (Å²) in [5.74, 6) is -1.50. The van der Waals surface area contributed by atoms with Gasteiger partial charge in [0.25, 0.3) is 0 Å². The number of amides is 2. The first-order chi connectivity index (χ1) is 13.0. The summed E-state index contributed by atoms with van der Waals surface area (Å²) in [5.41, 5.74) is 0.858. The van der Waals surface area contributed by atoms with Crippen molar-refractivity contribution >= 4 is 23.6 Å². The second-order valence-corrected chi connectivity index (χ2v) is 6.24. The minimum Gasteiger partial charge on any atom is -0.469 e. The number of Topliss-reactive ketones (excluding diaryl/α,β-unsaturated/α-hetero) is 1. The first-order valence-corrected chi connectivity index (χ1v) is 8.80. The summed E-state index contributed by atoms with van der Waals surface area (Å²) in [7, 11) is 1.25. The summed E-state index contributed by atoms with van der Waals surface area (Å²) in [6.07, 6.45) is 0.353. The van der Waals surface area contributed by atoms with E-state index in [4.69, 9.17) is 4.74 Å². The number of carbonyl (C=O) groups excluding carboxylic acids is 4. The van der Waals surface area contributed by atoms with Gasteiger partial charge < -0.3 is 20.1 Å². The van der Waals surface area contributed by atoms with Crippen molar-refractivity contribution in [3.8, 4) is 0 Å². The molecule has 2 rings (SSSR count).